The fourth-order valence-corrected chi connectivity index (χ4v) is 3.88. The summed E-state index contributed by atoms with van der Waals surface area (Å²) in [5.41, 5.74) is 12.6. The third kappa shape index (κ3) is 8.22. The van der Waals surface area contributed by atoms with E-state index in [2.05, 4.69) is 33.6 Å². The molecule has 5 atom stereocenters. The number of aliphatic carboxylic acids is 1. The Balaban J connectivity index is 2.30. The number of fused-ring (bicyclic) bond motifs is 1. The van der Waals surface area contributed by atoms with Crippen LogP contribution in [0.5, 0.6) is 0 Å². The second kappa shape index (κ2) is 13.7. The average Bonchev–Trinajstić information content (AvgIpc) is 3.27. The van der Waals surface area contributed by atoms with Gasteiger partial charge < -0.3 is 37.5 Å². The van der Waals surface area contributed by atoms with Crippen LogP contribution < -0.4 is 27.4 Å². The van der Waals surface area contributed by atoms with Crippen molar-refractivity contribution in [1.82, 2.24) is 20.9 Å². The monoisotopic (exact) mass is 534 g/mol. The van der Waals surface area contributed by atoms with Crippen LogP contribution >= 0.6 is 12.6 Å². The summed E-state index contributed by atoms with van der Waals surface area (Å²) in [5, 5.41) is 17.7. The number of hydrogen-bond donors (Lipinski definition) is 8. The van der Waals surface area contributed by atoms with E-state index in [9.17, 15) is 29.1 Å². The number of benzene rings is 1. The highest BCUT2D eigenvalue weighted by atomic mass is 32.1. The Hall–Kier alpha value is -3.58. The number of thiol groups is 1. The van der Waals surface area contributed by atoms with Crippen LogP contribution in [0.4, 0.5) is 0 Å². The Bertz CT molecular complexity index is 1140. The second-order valence-electron chi connectivity index (χ2n) is 8.86. The number of carboxylic acids is 1. The molecule has 0 fully saturated rings. The number of hydrogen-bond acceptors (Lipinski definition) is 7. The highest BCUT2D eigenvalue weighted by molar-refractivity contribution is 7.80. The topological polar surface area (TPSA) is 209 Å². The third-order valence-corrected chi connectivity index (χ3v) is 6.47. The largest absolute Gasteiger partial charge is 0.480 e. The van der Waals surface area contributed by atoms with Gasteiger partial charge in [-0.3, -0.25) is 19.2 Å². The van der Waals surface area contributed by atoms with E-state index < -0.39 is 66.1 Å². The zero-order chi connectivity index (χ0) is 27.7. The van der Waals surface area contributed by atoms with E-state index in [0.717, 1.165) is 10.9 Å². The van der Waals surface area contributed by atoms with E-state index in [1.165, 1.54) is 0 Å². The van der Waals surface area contributed by atoms with Gasteiger partial charge in [0, 0.05) is 29.3 Å². The summed E-state index contributed by atoms with van der Waals surface area (Å²) in [7, 11) is 0. The molecule has 2 rings (SSSR count). The molecule has 4 amide bonds. The molecule has 0 spiro atoms. The molecule has 0 saturated heterocycles. The average molecular weight is 535 g/mol. The van der Waals surface area contributed by atoms with Gasteiger partial charge in [-0.1, -0.05) is 38.5 Å². The molecule has 0 aliphatic heterocycles. The molecular weight excluding hydrogens is 500 g/mol. The van der Waals surface area contributed by atoms with Gasteiger partial charge in [0.05, 0.1) is 12.5 Å². The maximum absolute atomic E-state index is 13.3. The first-order valence-electron chi connectivity index (χ1n) is 11.8. The lowest BCUT2D eigenvalue weighted by molar-refractivity contribution is -0.144. The molecule has 12 nitrogen and oxygen atoms in total. The van der Waals surface area contributed by atoms with E-state index in [4.69, 9.17) is 11.5 Å². The number of amides is 4. The van der Waals surface area contributed by atoms with Gasteiger partial charge in [0.1, 0.15) is 18.1 Å². The van der Waals surface area contributed by atoms with Crippen LogP contribution in [0.15, 0.2) is 30.5 Å². The fourth-order valence-electron chi connectivity index (χ4n) is 3.71. The van der Waals surface area contributed by atoms with E-state index in [1.54, 1.807) is 20.0 Å². The minimum atomic E-state index is -1.46. The lowest BCUT2D eigenvalue weighted by atomic mass is 9.98. The number of carbonyl (C=O) groups excluding carboxylic acids is 4. The number of para-hydroxylation sites is 1. The molecule has 0 saturated carbocycles. The molecule has 0 aliphatic carbocycles. The maximum Gasteiger partial charge on any atom is 0.326 e. The summed E-state index contributed by atoms with van der Waals surface area (Å²) in [4.78, 5) is 65.1. The quantitative estimate of drug-likeness (QED) is 0.148. The first-order valence-corrected chi connectivity index (χ1v) is 12.4. The first-order chi connectivity index (χ1) is 17.5. The molecule has 0 bridgehead atoms. The van der Waals surface area contributed by atoms with Gasteiger partial charge in [-0.05, 0) is 17.5 Å². The van der Waals surface area contributed by atoms with Crippen molar-refractivity contribution in [2.24, 2.45) is 17.4 Å². The molecule has 5 unspecified atom stereocenters. The van der Waals surface area contributed by atoms with Crippen LogP contribution in [0, 0.1) is 5.92 Å². The summed E-state index contributed by atoms with van der Waals surface area (Å²) in [6.07, 6.45) is 1.63. The van der Waals surface area contributed by atoms with Crippen LogP contribution in [-0.2, 0) is 30.4 Å². The number of primary amides is 1. The zero-order valence-corrected chi connectivity index (χ0v) is 21.6. The Morgan fingerprint density at radius 2 is 1.65 bits per heavy atom. The molecule has 1 aromatic carbocycles. The third-order valence-electron chi connectivity index (χ3n) is 6.08. The van der Waals surface area contributed by atoms with Gasteiger partial charge in [-0.15, -0.1) is 0 Å². The maximum atomic E-state index is 13.3. The van der Waals surface area contributed by atoms with Crippen molar-refractivity contribution in [3.63, 3.8) is 0 Å². The lowest BCUT2D eigenvalue weighted by Gasteiger charge is -2.26. The fraction of sp³-hybridized carbons (Fsp3) is 0.458. The highest BCUT2D eigenvalue weighted by Crippen LogP contribution is 2.19. The Labute approximate surface area is 219 Å². The van der Waals surface area contributed by atoms with Crippen LogP contribution in [-0.4, -0.2) is 69.6 Å². The van der Waals surface area contributed by atoms with E-state index in [1.807, 2.05) is 24.3 Å². The standard InChI is InChI=1S/C24H34N6O6S/c1-3-12(2)20(24(35)36)30-23(34)18(9-19(26)31)29-22(33)17(28-21(32)15(25)11-37)8-13-10-27-16-7-5-4-6-14(13)16/h4-7,10,12,15,17-18,20,27,37H,3,8-9,11,25H2,1-2H3,(H2,26,31)(H,28,32)(H,29,33)(H,30,34)(H,35,36). The van der Waals surface area contributed by atoms with Gasteiger partial charge in [0.25, 0.3) is 0 Å². The van der Waals surface area contributed by atoms with Crippen molar-refractivity contribution in [2.75, 3.05) is 5.75 Å². The highest BCUT2D eigenvalue weighted by Gasteiger charge is 2.33. The molecule has 1 heterocycles. The summed E-state index contributed by atoms with van der Waals surface area (Å²) < 4.78 is 0. The number of H-pyrrole nitrogens is 1. The molecule has 0 aliphatic rings. The van der Waals surface area contributed by atoms with Crippen LogP contribution in [0.3, 0.4) is 0 Å². The van der Waals surface area contributed by atoms with E-state index in [0.29, 0.717) is 12.0 Å². The molecule has 2 aromatic rings. The summed E-state index contributed by atoms with van der Waals surface area (Å²) in [5.74, 6) is -4.81. The Morgan fingerprint density at radius 1 is 1.03 bits per heavy atom. The van der Waals surface area contributed by atoms with Crippen LogP contribution in [0.1, 0.15) is 32.3 Å². The zero-order valence-electron chi connectivity index (χ0n) is 20.7. The number of aromatic amines is 1. The summed E-state index contributed by atoms with van der Waals surface area (Å²) in [6.45, 7) is 3.42. The normalized spacial score (nSPS) is 15.1. The molecular formula is C24H34N6O6S. The van der Waals surface area contributed by atoms with Crippen molar-refractivity contribution < 1.29 is 29.1 Å². The molecule has 202 valence electrons. The van der Waals surface area contributed by atoms with Crippen molar-refractivity contribution >= 4 is 53.1 Å². The van der Waals surface area contributed by atoms with Crippen molar-refractivity contribution in [3.05, 3.63) is 36.0 Å². The van der Waals surface area contributed by atoms with Gasteiger partial charge in [0.2, 0.25) is 23.6 Å². The van der Waals surface area contributed by atoms with Crippen molar-refractivity contribution in [2.45, 2.75) is 57.3 Å². The van der Waals surface area contributed by atoms with Gasteiger partial charge in [0.15, 0.2) is 0 Å². The predicted molar refractivity (Wildman–Crippen MR) is 141 cm³/mol. The van der Waals surface area contributed by atoms with Crippen molar-refractivity contribution in [3.8, 4) is 0 Å². The Morgan fingerprint density at radius 3 is 2.24 bits per heavy atom. The summed E-state index contributed by atoms with van der Waals surface area (Å²) in [6, 6.07) is 2.51. The van der Waals surface area contributed by atoms with Crippen LogP contribution in [0.2, 0.25) is 0 Å². The van der Waals surface area contributed by atoms with E-state index >= 15 is 0 Å². The molecule has 13 heteroatoms. The van der Waals surface area contributed by atoms with Gasteiger partial charge in [-0.2, -0.15) is 12.6 Å². The number of carbonyl (C=O) groups is 5. The van der Waals surface area contributed by atoms with E-state index in [-0.39, 0.29) is 12.2 Å². The minimum absolute atomic E-state index is 0.0339. The van der Waals surface area contributed by atoms with Gasteiger partial charge in [-0.25, -0.2) is 4.79 Å². The molecule has 9 N–H and O–H groups in total. The number of rotatable bonds is 14. The SMILES string of the molecule is CCC(C)C(NC(=O)C(CC(N)=O)NC(=O)C(Cc1c[nH]c2ccccc12)NC(=O)C(N)CS)C(=O)O. The number of nitrogens with two attached hydrogens (primary N) is 2. The van der Waals surface area contributed by atoms with Gasteiger partial charge >= 0.3 is 5.97 Å². The second-order valence-corrected chi connectivity index (χ2v) is 9.22. The predicted octanol–water partition coefficient (Wildman–Crippen LogP) is -0.572. The number of carboxylic acid groups (broad SMARTS) is 1. The molecule has 37 heavy (non-hydrogen) atoms. The lowest BCUT2D eigenvalue weighted by Crippen LogP contribution is -2.59. The van der Waals surface area contributed by atoms with Crippen LogP contribution in [0.25, 0.3) is 10.9 Å². The smallest absolute Gasteiger partial charge is 0.326 e. The molecule has 0 radical (unpaired) electrons. The van der Waals surface area contributed by atoms with Crippen molar-refractivity contribution in [1.29, 1.82) is 0 Å². The minimum Gasteiger partial charge on any atom is -0.480 e. The molecule has 1 aromatic heterocycles. The Kier molecular flexibility index (Phi) is 10.9. The summed E-state index contributed by atoms with van der Waals surface area (Å²) >= 11 is 4.02. The number of aromatic nitrogens is 1. The number of nitrogens with one attached hydrogen (secondary N) is 4. The first kappa shape index (κ1) is 29.6.